The summed E-state index contributed by atoms with van der Waals surface area (Å²) in [5.74, 6) is 0.955. The summed E-state index contributed by atoms with van der Waals surface area (Å²) in [4.78, 5) is 2.37. The molecular formula is C17H20N2O. The third-order valence-electron chi connectivity index (χ3n) is 3.68. The van der Waals surface area contributed by atoms with Crippen LogP contribution in [0.1, 0.15) is 12.8 Å². The van der Waals surface area contributed by atoms with Crippen LogP contribution in [0, 0.1) is 0 Å². The van der Waals surface area contributed by atoms with Gasteiger partial charge in [0.25, 0.3) is 0 Å². The Balaban J connectivity index is 1.66. The Morgan fingerprint density at radius 2 is 1.75 bits per heavy atom. The van der Waals surface area contributed by atoms with E-state index in [4.69, 9.17) is 10.5 Å². The fourth-order valence-electron chi connectivity index (χ4n) is 2.65. The van der Waals surface area contributed by atoms with Gasteiger partial charge < -0.3 is 15.4 Å². The smallest absolute Gasteiger partial charge is 0.119 e. The van der Waals surface area contributed by atoms with Crippen LogP contribution in [0.3, 0.4) is 0 Å². The third kappa shape index (κ3) is 3.05. The van der Waals surface area contributed by atoms with Gasteiger partial charge >= 0.3 is 0 Å². The fraction of sp³-hybridized carbons (Fsp3) is 0.294. The van der Waals surface area contributed by atoms with Gasteiger partial charge in [0.15, 0.2) is 0 Å². The second-order valence-electron chi connectivity index (χ2n) is 5.23. The van der Waals surface area contributed by atoms with Crippen molar-refractivity contribution in [2.24, 2.45) is 0 Å². The lowest BCUT2D eigenvalue weighted by atomic mass is 10.1. The summed E-state index contributed by atoms with van der Waals surface area (Å²) in [5.41, 5.74) is 7.77. The number of nitrogens with zero attached hydrogens (tertiary/aromatic N) is 1. The molecule has 20 heavy (non-hydrogen) atoms. The molecule has 0 spiro atoms. The van der Waals surface area contributed by atoms with E-state index in [2.05, 4.69) is 17.0 Å². The van der Waals surface area contributed by atoms with Crippen molar-refractivity contribution in [2.45, 2.75) is 18.9 Å². The highest BCUT2D eigenvalue weighted by atomic mass is 16.5. The van der Waals surface area contributed by atoms with Gasteiger partial charge in [0.05, 0.1) is 6.54 Å². The van der Waals surface area contributed by atoms with Crippen molar-refractivity contribution in [1.29, 1.82) is 0 Å². The molecule has 1 atom stereocenters. The van der Waals surface area contributed by atoms with E-state index >= 15 is 0 Å². The topological polar surface area (TPSA) is 38.5 Å². The molecule has 3 nitrogen and oxygen atoms in total. The Morgan fingerprint density at radius 1 is 1.00 bits per heavy atom. The van der Waals surface area contributed by atoms with Gasteiger partial charge in [-0.2, -0.15) is 0 Å². The lowest BCUT2D eigenvalue weighted by Gasteiger charge is -2.34. The van der Waals surface area contributed by atoms with Crippen molar-refractivity contribution in [3.05, 3.63) is 54.6 Å². The van der Waals surface area contributed by atoms with Gasteiger partial charge in [0, 0.05) is 17.9 Å². The molecule has 1 heterocycles. The quantitative estimate of drug-likeness (QED) is 0.868. The molecular weight excluding hydrogens is 248 g/mol. The summed E-state index contributed by atoms with van der Waals surface area (Å²) < 4.78 is 6.06. The highest BCUT2D eigenvalue weighted by molar-refractivity contribution is 5.53. The molecule has 0 aromatic heterocycles. The van der Waals surface area contributed by atoms with Gasteiger partial charge in [-0.3, -0.25) is 0 Å². The van der Waals surface area contributed by atoms with Crippen LogP contribution >= 0.6 is 0 Å². The first-order valence-corrected chi connectivity index (χ1v) is 7.13. The minimum Gasteiger partial charge on any atom is -0.489 e. The van der Waals surface area contributed by atoms with Crippen LogP contribution in [0.4, 0.5) is 11.4 Å². The van der Waals surface area contributed by atoms with Crippen molar-refractivity contribution in [3.8, 4) is 5.75 Å². The zero-order valence-electron chi connectivity index (χ0n) is 11.5. The zero-order valence-corrected chi connectivity index (χ0v) is 11.5. The molecule has 1 fully saturated rings. The fourth-order valence-corrected chi connectivity index (χ4v) is 2.65. The van der Waals surface area contributed by atoms with Crippen LogP contribution in [-0.4, -0.2) is 19.2 Å². The maximum absolute atomic E-state index is 6.06. The summed E-state index contributed by atoms with van der Waals surface area (Å²) in [5, 5.41) is 0. The van der Waals surface area contributed by atoms with Gasteiger partial charge in [0.2, 0.25) is 0 Å². The first-order valence-electron chi connectivity index (χ1n) is 7.13. The predicted molar refractivity (Wildman–Crippen MR) is 83.2 cm³/mol. The highest BCUT2D eigenvalue weighted by Crippen LogP contribution is 2.23. The number of rotatable bonds is 3. The SMILES string of the molecule is Nc1ccc(N2CCCC(Oc3ccccc3)C2)cc1. The highest BCUT2D eigenvalue weighted by Gasteiger charge is 2.21. The van der Waals surface area contributed by atoms with Crippen LogP contribution in [0.15, 0.2) is 54.6 Å². The van der Waals surface area contributed by atoms with Crippen LogP contribution in [0.5, 0.6) is 5.75 Å². The Morgan fingerprint density at radius 3 is 2.50 bits per heavy atom. The standard InChI is InChI=1S/C17H20N2O/c18-14-8-10-15(11-9-14)19-12-4-7-17(13-19)20-16-5-2-1-3-6-16/h1-3,5-6,8-11,17H,4,7,12-13,18H2. The molecule has 104 valence electrons. The van der Waals surface area contributed by atoms with E-state index in [9.17, 15) is 0 Å². The molecule has 3 rings (SSSR count). The molecule has 0 amide bonds. The number of para-hydroxylation sites is 1. The van der Waals surface area contributed by atoms with E-state index in [1.54, 1.807) is 0 Å². The molecule has 2 N–H and O–H groups in total. The summed E-state index contributed by atoms with van der Waals surface area (Å²) in [6.07, 6.45) is 2.52. The van der Waals surface area contributed by atoms with E-state index < -0.39 is 0 Å². The molecule has 3 heteroatoms. The second kappa shape index (κ2) is 5.87. The molecule has 1 aliphatic heterocycles. The molecule has 1 aliphatic rings. The minimum atomic E-state index is 0.253. The maximum Gasteiger partial charge on any atom is 0.119 e. The molecule has 1 saturated heterocycles. The van der Waals surface area contributed by atoms with Crippen LogP contribution < -0.4 is 15.4 Å². The van der Waals surface area contributed by atoms with Crippen molar-refractivity contribution >= 4 is 11.4 Å². The average molecular weight is 268 g/mol. The van der Waals surface area contributed by atoms with E-state index in [0.717, 1.165) is 37.4 Å². The van der Waals surface area contributed by atoms with Gasteiger partial charge in [-0.1, -0.05) is 18.2 Å². The monoisotopic (exact) mass is 268 g/mol. The van der Waals surface area contributed by atoms with E-state index in [-0.39, 0.29) is 6.10 Å². The van der Waals surface area contributed by atoms with Gasteiger partial charge in [-0.05, 0) is 49.2 Å². The molecule has 2 aromatic carbocycles. The van der Waals surface area contributed by atoms with Crippen LogP contribution in [0.25, 0.3) is 0 Å². The Kier molecular flexibility index (Phi) is 3.77. The van der Waals surface area contributed by atoms with E-state index in [1.807, 2.05) is 42.5 Å². The number of anilines is 2. The largest absolute Gasteiger partial charge is 0.489 e. The number of piperidine rings is 1. The summed E-state index contributed by atoms with van der Waals surface area (Å²) in [6, 6.07) is 18.1. The predicted octanol–water partition coefficient (Wildman–Crippen LogP) is 3.32. The van der Waals surface area contributed by atoms with Gasteiger partial charge in [-0.25, -0.2) is 0 Å². The normalized spacial score (nSPS) is 18.8. The number of benzene rings is 2. The molecule has 0 aliphatic carbocycles. The van der Waals surface area contributed by atoms with Crippen molar-refractivity contribution < 1.29 is 4.74 Å². The van der Waals surface area contributed by atoms with E-state index in [1.165, 1.54) is 5.69 Å². The average Bonchev–Trinajstić information content (AvgIpc) is 2.49. The number of nitrogens with two attached hydrogens (primary N) is 1. The zero-order chi connectivity index (χ0) is 13.8. The van der Waals surface area contributed by atoms with Crippen molar-refractivity contribution in [3.63, 3.8) is 0 Å². The number of hydrogen-bond donors (Lipinski definition) is 1. The van der Waals surface area contributed by atoms with Gasteiger partial charge in [-0.15, -0.1) is 0 Å². The van der Waals surface area contributed by atoms with Crippen LogP contribution in [0.2, 0.25) is 0 Å². The summed E-state index contributed by atoms with van der Waals surface area (Å²) in [6.45, 7) is 2.01. The minimum absolute atomic E-state index is 0.253. The third-order valence-corrected chi connectivity index (χ3v) is 3.68. The van der Waals surface area contributed by atoms with Crippen molar-refractivity contribution in [2.75, 3.05) is 23.7 Å². The maximum atomic E-state index is 6.06. The first kappa shape index (κ1) is 12.9. The van der Waals surface area contributed by atoms with Crippen molar-refractivity contribution in [1.82, 2.24) is 0 Å². The lowest BCUT2D eigenvalue weighted by molar-refractivity contribution is 0.179. The Hall–Kier alpha value is -2.16. The molecule has 0 saturated carbocycles. The van der Waals surface area contributed by atoms with Gasteiger partial charge in [0.1, 0.15) is 11.9 Å². The molecule has 0 bridgehead atoms. The second-order valence-corrected chi connectivity index (χ2v) is 5.23. The molecule has 0 radical (unpaired) electrons. The van der Waals surface area contributed by atoms with E-state index in [0.29, 0.717) is 0 Å². The number of ether oxygens (including phenoxy) is 1. The Labute approximate surface area is 120 Å². The molecule has 1 unspecified atom stereocenters. The summed E-state index contributed by atoms with van der Waals surface area (Å²) >= 11 is 0. The lowest BCUT2D eigenvalue weighted by Crippen LogP contribution is -2.41. The number of nitrogen functional groups attached to an aromatic ring is 1. The molecule has 2 aromatic rings. The van der Waals surface area contributed by atoms with Crippen LogP contribution in [-0.2, 0) is 0 Å². The number of hydrogen-bond acceptors (Lipinski definition) is 3. The summed E-state index contributed by atoms with van der Waals surface area (Å²) in [7, 11) is 0. The first-order chi connectivity index (χ1) is 9.81. The Bertz CT molecular complexity index is 539.